The first-order valence-corrected chi connectivity index (χ1v) is 7.62. The fourth-order valence-electron chi connectivity index (χ4n) is 2.78. The minimum Gasteiger partial charge on any atom is -0.465 e. The van der Waals surface area contributed by atoms with Crippen molar-refractivity contribution in [3.8, 4) is 0 Å². The molecule has 126 valence electrons. The summed E-state index contributed by atoms with van der Waals surface area (Å²) in [6.07, 6.45) is 0. The number of fused-ring (bicyclic) bond motifs is 1. The molecule has 2 amide bonds. The first-order valence-electron chi connectivity index (χ1n) is 7.62. The Labute approximate surface area is 137 Å². The number of esters is 2. The summed E-state index contributed by atoms with van der Waals surface area (Å²) in [6.45, 7) is 3.51. The van der Waals surface area contributed by atoms with Gasteiger partial charge in [0.25, 0.3) is 11.8 Å². The Morgan fingerprint density at radius 1 is 0.917 bits per heavy atom. The zero-order chi connectivity index (χ0) is 17.4. The van der Waals surface area contributed by atoms with Crippen molar-refractivity contribution in [3.63, 3.8) is 0 Å². The van der Waals surface area contributed by atoms with Crippen LogP contribution in [0.1, 0.15) is 34.6 Å². The normalized spacial score (nSPS) is 24.6. The van der Waals surface area contributed by atoms with Crippen LogP contribution in [-0.2, 0) is 19.1 Å². The lowest BCUT2D eigenvalue weighted by molar-refractivity contribution is -0.147. The molecule has 2 aliphatic rings. The maximum Gasteiger partial charge on any atom is 0.327 e. The predicted molar refractivity (Wildman–Crippen MR) is 79.6 cm³/mol. The molecule has 0 radical (unpaired) electrons. The molecule has 2 unspecified atom stereocenters. The van der Waals surface area contributed by atoms with E-state index in [0.29, 0.717) is 0 Å². The van der Waals surface area contributed by atoms with Gasteiger partial charge in [-0.15, -0.1) is 0 Å². The Bertz CT molecular complexity index is 672. The molecule has 1 aromatic rings. The van der Waals surface area contributed by atoms with E-state index in [1.807, 2.05) is 0 Å². The number of rotatable bonds is 5. The number of amides is 2. The Morgan fingerprint density at radius 2 is 1.33 bits per heavy atom. The second kappa shape index (κ2) is 6.04. The van der Waals surface area contributed by atoms with Crippen LogP contribution in [0.25, 0.3) is 0 Å². The monoisotopic (exact) mass is 332 g/mol. The highest BCUT2D eigenvalue weighted by molar-refractivity contribution is 6.21. The third-order valence-corrected chi connectivity index (χ3v) is 3.84. The molecular weight excluding hydrogens is 316 g/mol. The fourth-order valence-corrected chi connectivity index (χ4v) is 2.78. The maximum absolute atomic E-state index is 12.5. The van der Waals surface area contributed by atoms with E-state index in [1.54, 1.807) is 26.0 Å². The van der Waals surface area contributed by atoms with Crippen LogP contribution in [0.15, 0.2) is 24.3 Å². The Morgan fingerprint density at radius 3 is 1.71 bits per heavy atom. The molecule has 0 N–H and O–H groups in total. The number of carbonyl (C=O) groups excluding carboxylic acids is 4. The molecule has 1 aromatic carbocycles. The number of nitrogens with zero attached hydrogens (tertiary/aromatic N) is 2. The fraction of sp³-hybridized carbons (Fsp3) is 0.375. The van der Waals surface area contributed by atoms with E-state index >= 15 is 0 Å². The third kappa shape index (κ3) is 2.35. The minimum atomic E-state index is -1.04. The van der Waals surface area contributed by atoms with Crippen molar-refractivity contribution < 1.29 is 28.7 Å². The summed E-state index contributed by atoms with van der Waals surface area (Å²) in [5, 5.41) is 1.95. The van der Waals surface area contributed by atoms with E-state index in [0.717, 1.165) is 10.0 Å². The van der Waals surface area contributed by atoms with Crippen molar-refractivity contribution in [2.45, 2.75) is 25.9 Å². The maximum atomic E-state index is 12.5. The lowest BCUT2D eigenvalue weighted by Crippen LogP contribution is -2.39. The largest absolute Gasteiger partial charge is 0.465 e. The van der Waals surface area contributed by atoms with Crippen LogP contribution in [0.5, 0.6) is 0 Å². The van der Waals surface area contributed by atoms with Crippen LogP contribution >= 0.6 is 0 Å². The number of imide groups is 1. The molecule has 0 saturated carbocycles. The lowest BCUT2D eigenvalue weighted by Gasteiger charge is -2.15. The van der Waals surface area contributed by atoms with Crippen LogP contribution < -0.4 is 0 Å². The molecule has 2 atom stereocenters. The van der Waals surface area contributed by atoms with Gasteiger partial charge in [0.15, 0.2) is 12.1 Å². The summed E-state index contributed by atoms with van der Waals surface area (Å²) in [5.41, 5.74) is 0.472. The van der Waals surface area contributed by atoms with Crippen molar-refractivity contribution in [3.05, 3.63) is 35.4 Å². The van der Waals surface area contributed by atoms with Gasteiger partial charge in [-0.25, -0.2) is 0 Å². The number of hydrogen-bond donors (Lipinski definition) is 0. The number of carbonyl (C=O) groups is 4. The van der Waals surface area contributed by atoms with Gasteiger partial charge in [0.1, 0.15) is 0 Å². The SMILES string of the molecule is CCOC(=O)C1C(C(=O)OCC)N1N1C(=O)c2ccccc2C1=O. The quantitative estimate of drug-likeness (QED) is 0.437. The summed E-state index contributed by atoms with van der Waals surface area (Å²) < 4.78 is 9.85. The van der Waals surface area contributed by atoms with Gasteiger partial charge in [-0.1, -0.05) is 12.1 Å². The van der Waals surface area contributed by atoms with Gasteiger partial charge in [0.05, 0.1) is 24.3 Å². The van der Waals surface area contributed by atoms with E-state index in [4.69, 9.17) is 9.47 Å². The van der Waals surface area contributed by atoms with E-state index in [2.05, 4.69) is 0 Å². The molecular formula is C16H16N2O6. The summed E-state index contributed by atoms with van der Waals surface area (Å²) >= 11 is 0. The van der Waals surface area contributed by atoms with Crippen molar-refractivity contribution in [2.24, 2.45) is 0 Å². The molecule has 0 aromatic heterocycles. The van der Waals surface area contributed by atoms with Gasteiger partial charge in [0.2, 0.25) is 0 Å². The zero-order valence-electron chi connectivity index (χ0n) is 13.2. The number of benzene rings is 1. The average molecular weight is 332 g/mol. The molecule has 8 nitrogen and oxygen atoms in total. The lowest BCUT2D eigenvalue weighted by atomic mass is 10.1. The van der Waals surface area contributed by atoms with Crippen molar-refractivity contribution in [1.82, 2.24) is 10.0 Å². The van der Waals surface area contributed by atoms with Crippen molar-refractivity contribution in [1.29, 1.82) is 0 Å². The molecule has 0 spiro atoms. The van der Waals surface area contributed by atoms with E-state index in [-0.39, 0.29) is 24.3 Å². The van der Waals surface area contributed by atoms with Gasteiger partial charge in [0, 0.05) is 0 Å². The van der Waals surface area contributed by atoms with Gasteiger partial charge < -0.3 is 9.47 Å². The Kier molecular flexibility index (Phi) is 4.06. The number of hydrogen-bond acceptors (Lipinski definition) is 7. The van der Waals surface area contributed by atoms with Gasteiger partial charge in [-0.3, -0.25) is 19.2 Å². The zero-order valence-corrected chi connectivity index (χ0v) is 13.2. The number of hydrazine groups is 1. The van der Waals surface area contributed by atoms with Gasteiger partial charge >= 0.3 is 11.9 Å². The second-order valence-corrected chi connectivity index (χ2v) is 5.24. The predicted octanol–water partition coefficient (Wildman–Crippen LogP) is 0.377. The van der Waals surface area contributed by atoms with E-state index in [1.165, 1.54) is 12.1 Å². The molecule has 8 heteroatoms. The van der Waals surface area contributed by atoms with Crippen LogP contribution in [-0.4, -0.2) is 59.1 Å². The molecule has 0 bridgehead atoms. The van der Waals surface area contributed by atoms with E-state index < -0.39 is 35.8 Å². The molecule has 1 saturated heterocycles. The third-order valence-electron chi connectivity index (χ3n) is 3.84. The Hall–Kier alpha value is -2.74. The summed E-state index contributed by atoms with van der Waals surface area (Å²) in [5.74, 6) is -2.49. The second-order valence-electron chi connectivity index (χ2n) is 5.24. The van der Waals surface area contributed by atoms with Crippen LogP contribution in [0.3, 0.4) is 0 Å². The van der Waals surface area contributed by atoms with Gasteiger partial charge in [-0.2, -0.15) is 10.0 Å². The average Bonchev–Trinajstić information content (AvgIpc) is 3.25. The molecule has 1 fully saturated rings. The smallest absolute Gasteiger partial charge is 0.327 e. The summed E-state index contributed by atoms with van der Waals surface area (Å²) in [7, 11) is 0. The highest BCUT2D eigenvalue weighted by Gasteiger charge is 2.65. The molecule has 2 heterocycles. The van der Waals surface area contributed by atoms with Crippen molar-refractivity contribution >= 4 is 23.8 Å². The summed E-state index contributed by atoms with van der Waals surface area (Å²) in [4.78, 5) is 49.1. The van der Waals surface area contributed by atoms with Crippen molar-refractivity contribution in [2.75, 3.05) is 13.2 Å². The Balaban J connectivity index is 1.90. The minimum absolute atomic E-state index is 0.126. The van der Waals surface area contributed by atoms with Crippen LogP contribution in [0.2, 0.25) is 0 Å². The molecule has 2 aliphatic heterocycles. The van der Waals surface area contributed by atoms with Crippen LogP contribution in [0.4, 0.5) is 0 Å². The standard InChI is InChI=1S/C16H16N2O6/c1-3-23-15(21)11-12(16(22)24-4-2)17(11)18-13(19)9-7-5-6-8-10(9)14(18)20/h5-8,11-12H,3-4H2,1-2H3. The van der Waals surface area contributed by atoms with Crippen LogP contribution in [0, 0.1) is 0 Å². The molecule has 3 rings (SSSR count). The van der Waals surface area contributed by atoms with E-state index in [9.17, 15) is 19.2 Å². The first-order chi connectivity index (χ1) is 11.5. The van der Waals surface area contributed by atoms with Gasteiger partial charge in [-0.05, 0) is 26.0 Å². The number of ether oxygens (including phenoxy) is 2. The first kappa shape index (κ1) is 16.1. The highest BCUT2D eigenvalue weighted by atomic mass is 16.5. The molecule has 24 heavy (non-hydrogen) atoms. The summed E-state index contributed by atoms with van der Waals surface area (Å²) in [6, 6.07) is 4.26. The molecule has 0 aliphatic carbocycles. The topological polar surface area (TPSA) is 93.0 Å². The highest BCUT2D eigenvalue weighted by Crippen LogP contribution is 2.37.